The summed E-state index contributed by atoms with van der Waals surface area (Å²) in [5, 5.41) is 0. The van der Waals surface area contributed by atoms with Gasteiger partial charge >= 0.3 is 5.97 Å². The zero-order valence-electron chi connectivity index (χ0n) is 13.1. The van der Waals surface area contributed by atoms with E-state index in [0.717, 1.165) is 24.8 Å². The molecular formula is C18H21NO4. The highest BCUT2D eigenvalue weighted by molar-refractivity contribution is 5.94. The second-order valence-corrected chi connectivity index (χ2v) is 6.53. The largest absolute Gasteiger partial charge is 0.453 e. The third kappa shape index (κ3) is 2.63. The summed E-state index contributed by atoms with van der Waals surface area (Å²) in [5.41, 5.74) is 1.42. The van der Waals surface area contributed by atoms with Crippen LogP contribution in [-0.2, 0) is 14.3 Å². The first-order chi connectivity index (χ1) is 11.2. The first-order valence-corrected chi connectivity index (χ1v) is 8.45. The summed E-state index contributed by atoms with van der Waals surface area (Å²) in [7, 11) is 0. The maximum Gasteiger partial charge on any atom is 0.339 e. The topological polar surface area (TPSA) is 55.8 Å². The Bertz CT molecular complexity index is 627. The molecule has 5 nitrogen and oxygen atoms in total. The summed E-state index contributed by atoms with van der Waals surface area (Å²) in [6, 6.07) is 7.52. The zero-order chi connectivity index (χ0) is 15.8. The smallest absolute Gasteiger partial charge is 0.339 e. The first-order valence-electron chi connectivity index (χ1n) is 8.45. The summed E-state index contributed by atoms with van der Waals surface area (Å²) >= 11 is 0. The molecule has 2 heterocycles. The Morgan fingerprint density at radius 1 is 1.22 bits per heavy atom. The molecule has 122 valence electrons. The number of ether oxygens (including phenoxy) is 2. The molecule has 0 aromatic heterocycles. The lowest BCUT2D eigenvalue weighted by Gasteiger charge is -2.44. The zero-order valence-corrected chi connectivity index (χ0v) is 13.1. The number of cyclic esters (lactones) is 1. The SMILES string of the molecule is O=C1O[C@H](CC(=O)N2CCO[C@H]3CCCC[C@H]32)c2ccccc21. The van der Waals surface area contributed by atoms with E-state index in [1.165, 1.54) is 6.42 Å². The van der Waals surface area contributed by atoms with E-state index in [1.54, 1.807) is 6.07 Å². The van der Waals surface area contributed by atoms with E-state index < -0.39 is 6.10 Å². The number of esters is 1. The van der Waals surface area contributed by atoms with Gasteiger partial charge in [0, 0.05) is 12.1 Å². The highest BCUT2D eigenvalue weighted by atomic mass is 16.5. The van der Waals surface area contributed by atoms with Crippen molar-refractivity contribution in [2.45, 2.75) is 50.4 Å². The molecule has 3 atom stereocenters. The summed E-state index contributed by atoms with van der Waals surface area (Å²) in [5.74, 6) is -0.254. The van der Waals surface area contributed by atoms with Crippen molar-refractivity contribution in [3.8, 4) is 0 Å². The third-order valence-electron chi connectivity index (χ3n) is 5.19. The Morgan fingerprint density at radius 2 is 2.04 bits per heavy atom. The van der Waals surface area contributed by atoms with Crippen LogP contribution in [0, 0.1) is 0 Å². The van der Waals surface area contributed by atoms with Crippen LogP contribution >= 0.6 is 0 Å². The standard InChI is InChI=1S/C18H21NO4/c20-17(19-9-10-22-15-8-4-3-7-14(15)19)11-16-12-5-1-2-6-13(12)18(21)23-16/h1-2,5-6,14-16H,3-4,7-11H2/t14-,15+,16-/m1/s1. The lowest BCUT2D eigenvalue weighted by molar-refractivity contribution is -0.151. The Kier molecular flexibility index (Phi) is 3.81. The molecule has 2 aliphatic heterocycles. The number of morpholine rings is 1. The Labute approximate surface area is 135 Å². The van der Waals surface area contributed by atoms with Crippen molar-refractivity contribution >= 4 is 11.9 Å². The van der Waals surface area contributed by atoms with Crippen LogP contribution in [0.5, 0.6) is 0 Å². The maximum absolute atomic E-state index is 12.8. The minimum atomic E-state index is -0.448. The maximum atomic E-state index is 12.8. The van der Waals surface area contributed by atoms with Gasteiger partial charge in [0.15, 0.2) is 0 Å². The molecule has 5 heteroatoms. The van der Waals surface area contributed by atoms with Crippen molar-refractivity contribution in [1.29, 1.82) is 0 Å². The van der Waals surface area contributed by atoms with E-state index in [2.05, 4.69) is 0 Å². The molecule has 0 N–H and O–H groups in total. The number of hydrogen-bond acceptors (Lipinski definition) is 4. The van der Waals surface area contributed by atoms with Crippen molar-refractivity contribution in [2.75, 3.05) is 13.2 Å². The van der Waals surface area contributed by atoms with Crippen LogP contribution < -0.4 is 0 Å². The van der Waals surface area contributed by atoms with Gasteiger partial charge in [0.2, 0.25) is 5.91 Å². The Balaban J connectivity index is 1.49. The van der Waals surface area contributed by atoms with E-state index >= 15 is 0 Å². The molecule has 1 aromatic rings. The number of nitrogens with zero attached hydrogens (tertiary/aromatic N) is 1. The van der Waals surface area contributed by atoms with Crippen LogP contribution in [0.2, 0.25) is 0 Å². The van der Waals surface area contributed by atoms with Gasteiger partial charge in [-0.1, -0.05) is 31.0 Å². The van der Waals surface area contributed by atoms with Crippen molar-refractivity contribution in [1.82, 2.24) is 4.90 Å². The van der Waals surface area contributed by atoms with Gasteiger partial charge in [-0.3, -0.25) is 4.79 Å². The molecule has 2 fully saturated rings. The molecule has 1 saturated heterocycles. The van der Waals surface area contributed by atoms with E-state index in [-0.39, 0.29) is 30.4 Å². The van der Waals surface area contributed by atoms with E-state index in [9.17, 15) is 9.59 Å². The minimum Gasteiger partial charge on any atom is -0.453 e. The van der Waals surface area contributed by atoms with Gasteiger partial charge in [-0.05, 0) is 18.9 Å². The van der Waals surface area contributed by atoms with Crippen molar-refractivity contribution in [3.63, 3.8) is 0 Å². The van der Waals surface area contributed by atoms with Crippen molar-refractivity contribution in [2.24, 2.45) is 0 Å². The van der Waals surface area contributed by atoms with Crippen molar-refractivity contribution < 1.29 is 19.1 Å². The second kappa shape index (κ2) is 5.96. The van der Waals surface area contributed by atoms with Gasteiger partial charge in [-0.2, -0.15) is 0 Å². The van der Waals surface area contributed by atoms with Crippen LogP contribution in [0.1, 0.15) is 54.1 Å². The molecular weight excluding hydrogens is 294 g/mol. The van der Waals surface area contributed by atoms with Crippen LogP contribution in [0.25, 0.3) is 0 Å². The number of benzene rings is 1. The molecule has 1 saturated carbocycles. The minimum absolute atomic E-state index is 0.0692. The van der Waals surface area contributed by atoms with Gasteiger partial charge in [-0.15, -0.1) is 0 Å². The molecule has 1 aliphatic carbocycles. The average Bonchev–Trinajstić information content (AvgIpc) is 2.91. The number of rotatable bonds is 2. The van der Waals surface area contributed by atoms with Crippen LogP contribution in [0.4, 0.5) is 0 Å². The summed E-state index contributed by atoms with van der Waals surface area (Å²) in [4.78, 5) is 26.7. The number of amides is 1. The third-order valence-corrected chi connectivity index (χ3v) is 5.19. The fourth-order valence-corrected chi connectivity index (χ4v) is 4.05. The number of carbonyl (C=O) groups is 2. The van der Waals surface area contributed by atoms with Gasteiger partial charge in [0.25, 0.3) is 0 Å². The normalized spacial score (nSPS) is 29.7. The molecule has 0 bridgehead atoms. The van der Waals surface area contributed by atoms with Crippen molar-refractivity contribution in [3.05, 3.63) is 35.4 Å². The molecule has 1 aromatic carbocycles. The average molecular weight is 315 g/mol. The fourth-order valence-electron chi connectivity index (χ4n) is 4.05. The molecule has 4 rings (SSSR count). The number of carbonyl (C=O) groups excluding carboxylic acids is 2. The highest BCUT2D eigenvalue weighted by Crippen LogP contribution is 2.35. The molecule has 0 radical (unpaired) electrons. The number of hydrogen-bond donors (Lipinski definition) is 0. The number of fused-ring (bicyclic) bond motifs is 2. The molecule has 1 amide bonds. The predicted molar refractivity (Wildman–Crippen MR) is 82.9 cm³/mol. The van der Waals surface area contributed by atoms with E-state index in [4.69, 9.17) is 9.47 Å². The summed E-state index contributed by atoms with van der Waals surface area (Å²) in [6.45, 7) is 1.25. The van der Waals surface area contributed by atoms with Gasteiger partial charge < -0.3 is 14.4 Å². The van der Waals surface area contributed by atoms with E-state index in [1.807, 2.05) is 23.1 Å². The quantitative estimate of drug-likeness (QED) is 0.787. The van der Waals surface area contributed by atoms with E-state index in [0.29, 0.717) is 18.7 Å². The molecule has 3 aliphatic rings. The van der Waals surface area contributed by atoms with Crippen LogP contribution in [0.3, 0.4) is 0 Å². The lowest BCUT2D eigenvalue weighted by Crippen LogP contribution is -2.55. The first kappa shape index (κ1) is 14.7. The highest BCUT2D eigenvalue weighted by Gasteiger charge is 2.39. The molecule has 23 heavy (non-hydrogen) atoms. The predicted octanol–water partition coefficient (Wildman–Crippen LogP) is 2.46. The Hall–Kier alpha value is -1.88. The second-order valence-electron chi connectivity index (χ2n) is 6.53. The van der Waals surface area contributed by atoms with Gasteiger partial charge in [0.05, 0.1) is 30.7 Å². The molecule has 0 spiro atoms. The summed E-state index contributed by atoms with van der Waals surface area (Å²) < 4.78 is 11.2. The fraction of sp³-hybridized carbons (Fsp3) is 0.556. The van der Waals surface area contributed by atoms with Crippen LogP contribution in [-0.4, -0.2) is 42.1 Å². The summed E-state index contributed by atoms with van der Waals surface area (Å²) in [6.07, 6.45) is 4.34. The Morgan fingerprint density at radius 3 is 2.96 bits per heavy atom. The monoisotopic (exact) mass is 315 g/mol. The van der Waals surface area contributed by atoms with Crippen LogP contribution in [0.15, 0.2) is 24.3 Å². The van der Waals surface area contributed by atoms with Gasteiger partial charge in [-0.25, -0.2) is 4.79 Å². The molecule has 0 unspecified atom stereocenters. The lowest BCUT2D eigenvalue weighted by atomic mass is 9.89. The van der Waals surface area contributed by atoms with Gasteiger partial charge in [0.1, 0.15) is 6.10 Å².